The van der Waals surface area contributed by atoms with Crippen LogP contribution in [0.5, 0.6) is 0 Å². The molecule has 3 heteroatoms. The maximum absolute atomic E-state index is 4.87. The Bertz CT molecular complexity index is 619. The molecule has 1 aromatic heterocycles. The average Bonchev–Trinajstić information content (AvgIpc) is 3.09. The number of fused-ring (bicyclic) bond motifs is 1. The number of para-hydroxylation sites is 1. The second-order valence-electron chi connectivity index (χ2n) is 6.41. The first-order chi connectivity index (χ1) is 10.4. The van der Waals surface area contributed by atoms with Crippen LogP contribution in [0, 0.1) is 5.92 Å². The van der Waals surface area contributed by atoms with E-state index in [4.69, 9.17) is 4.98 Å². The van der Waals surface area contributed by atoms with Crippen LogP contribution in [0.3, 0.4) is 0 Å². The summed E-state index contributed by atoms with van der Waals surface area (Å²) >= 11 is 0. The molecule has 0 spiro atoms. The number of hydrogen-bond donors (Lipinski definition) is 1. The summed E-state index contributed by atoms with van der Waals surface area (Å²) in [6, 6.07) is 13.5. The fraction of sp³-hybridized carbons (Fsp3) is 0.500. The standard InChI is InChI=1S/C18H23N3/c1-2-7-17-14(5-1)9-10-18(20-17)21-12-4-6-15(13-21)16-8-3-11-19-16/h1-2,5,7,9-10,15-16,19H,3-4,6,8,11-13H2. The Balaban J connectivity index is 1.56. The van der Waals surface area contributed by atoms with Crippen molar-refractivity contribution in [1.29, 1.82) is 0 Å². The highest BCUT2D eigenvalue weighted by molar-refractivity contribution is 5.80. The SMILES string of the molecule is c1ccc2nc(N3CCCC(C4CCCN4)C3)ccc2c1. The van der Waals surface area contributed by atoms with E-state index in [1.807, 2.05) is 0 Å². The molecule has 3 nitrogen and oxygen atoms in total. The third-order valence-electron chi connectivity index (χ3n) is 5.03. The van der Waals surface area contributed by atoms with Crippen molar-refractivity contribution in [2.24, 2.45) is 5.92 Å². The van der Waals surface area contributed by atoms with Crippen LogP contribution in [-0.4, -0.2) is 30.7 Å². The molecule has 0 radical (unpaired) electrons. The van der Waals surface area contributed by atoms with E-state index in [2.05, 4.69) is 46.6 Å². The Morgan fingerprint density at radius 1 is 1.05 bits per heavy atom. The number of piperidine rings is 1. The molecular formula is C18H23N3. The van der Waals surface area contributed by atoms with Gasteiger partial charge in [-0.2, -0.15) is 0 Å². The van der Waals surface area contributed by atoms with Crippen LogP contribution in [0.15, 0.2) is 36.4 Å². The van der Waals surface area contributed by atoms with Crippen molar-refractivity contribution in [1.82, 2.24) is 10.3 Å². The zero-order valence-corrected chi connectivity index (χ0v) is 12.5. The molecule has 0 amide bonds. The lowest BCUT2D eigenvalue weighted by Crippen LogP contribution is -2.43. The molecule has 2 aromatic rings. The van der Waals surface area contributed by atoms with E-state index in [1.54, 1.807) is 0 Å². The molecule has 2 aliphatic rings. The molecule has 2 atom stereocenters. The number of hydrogen-bond acceptors (Lipinski definition) is 3. The number of nitrogens with one attached hydrogen (secondary N) is 1. The van der Waals surface area contributed by atoms with Gasteiger partial charge < -0.3 is 10.2 Å². The van der Waals surface area contributed by atoms with Crippen molar-refractivity contribution < 1.29 is 0 Å². The first kappa shape index (κ1) is 13.1. The third kappa shape index (κ3) is 2.62. The summed E-state index contributed by atoms with van der Waals surface area (Å²) < 4.78 is 0. The molecule has 0 bridgehead atoms. The minimum absolute atomic E-state index is 0.730. The van der Waals surface area contributed by atoms with Gasteiger partial charge in [-0.15, -0.1) is 0 Å². The molecule has 0 aliphatic carbocycles. The third-order valence-corrected chi connectivity index (χ3v) is 5.03. The average molecular weight is 281 g/mol. The second-order valence-corrected chi connectivity index (χ2v) is 6.41. The summed E-state index contributed by atoms with van der Waals surface area (Å²) in [6.45, 7) is 3.51. The predicted molar refractivity (Wildman–Crippen MR) is 87.7 cm³/mol. The van der Waals surface area contributed by atoms with Crippen LogP contribution >= 0.6 is 0 Å². The van der Waals surface area contributed by atoms with Crippen LogP contribution < -0.4 is 10.2 Å². The van der Waals surface area contributed by atoms with Gasteiger partial charge in [-0.05, 0) is 56.3 Å². The fourth-order valence-electron chi connectivity index (χ4n) is 3.89. The van der Waals surface area contributed by atoms with Gasteiger partial charge in [0.2, 0.25) is 0 Å². The van der Waals surface area contributed by atoms with E-state index in [-0.39, 0.29) is 0 Å². The summed E-state index contributed by atoms with van der Waals surface area (Å²) in [7, 11) is 0. The Morgan fingerprint density at radius 3 is 2.90 bits per heavy atom. The quantitative estimate of drug-likeness (QED) is 0.916. The topological polar surface area (TPSA) is 28.2 Å². The van der Waals surface area contributed by atoms with Gasteiger partial charge in [0.05, 0.1) is 5.52 Å². The van der Waals surface area contributed by atoms with Crippen LogP contribution in [-0.2, 0) is 0 Å². The number of rotatable bonds is 2. The van der Waals surface area contributed by atoms with E-state index in [0.29, 0.717) is 0 Å². The predicted octanol–water partition coefficient (Wildman–Crippen LogP) is 3.20. The molecule has 21 heavy (non-hydrogen) atoms. The van der Waals surface area contributed by atoms with Crippen molar-refractivity contribution in [3.05, 3.63) is 36.4 Å². The van der Waals surface area contributed by atoms with Gasteiger partial charge in [0.1, 0.15) is 5.82 Å². The lowest BCUT2D eigenvalue weighted by molar-refractivity contribution is 0.328. The molecule has 2 unspecified atom stereocenters. The fourth-order valence-corrected chi connectivity index (χ4v) is 3.89. The second kappa shape index (κ2) is 5.64. The smallest absolute Gasteiger partial charge is 0.129 e. The maximum Gasteiger partial charge on any atom is 0.129 e. The molecule has 2 fully saturated rings. The zero-order valence-electron chi connectivity index (χ0n) is 12.5. The molecule has 1 aromatic carbocycles. The van der Waals surface area contributed by atoms with E-state index in [9.17, 15) is 0 Å². The van der Waals surface area contributed by atoms with E-state index in [0.717, 1.165) is 36.4 Å². The molecule has 4 rings (SSSR count). The number of benzene rings is 1. The van der Waals surface area contributed by atoms with Crippen LogP contribution in [0.1, 0.15) is 25.7 Å². The van der Waals surface area contributed by atoms with Crippen LogP contribution in [0.25, 0.3) is 10.9 Å². The highest BCUT2D eigenvalue weighted by Crippen LogP contribution is 2.28. The number of aromatic nitrogens is 1. The molecule has 1 N–H and O–H groups in total. The minimum atomic E-state index is 0.730. The van der Waals surface area contributed by atoms with Crippen molar-refractivity contribution in [3.8, 4) is 0 Å². The van der Waals surface area contributed by atoms with Crippen molar-refractivity contribution >= 4 is 16.7 Å². The van der Waals surface area contributed by atoms with Crippen molar-refractivity contribution in [2.75, 3.05) is 24.5 Å². The molecule has 3 heterocycles. The number of pyridine rings is 1. The lowest BCUT2D eigenvalue weighted by atomic mass is 9.90. The Kier molecular flexibility index (Phi) is 3.52. The van der Waals surface area contributed by atoms with E-state index >= 15 is 0 Å². The zero-order chi connectivity index (χ0) is 14.1. The van der Waals surface area contributed by atoms with E-state index < -0.39 is 0 Å². The van der Waals surface area contributed by atoms with Gasteiger partial charge >= 0.3 is 0 Å². The van der Waals surface area contributed by atoms with Crippen LogP contribution in [0.2, 0.25) is 0 Å². The number of anilines is 1. The van der Waals surface area contributed by atoms with E-state index in [1.165, 1.54) is 37.6 Å². The highest BCUT2D eigenvalue weighted by Gasteiger charge is 2.29. The largest absolute Gasteiger partial charge is 0.356 e. The Morgan fingerprint density at radius 2 is 2.00 bits per heavy atom. The van der Waals surface area contributed by atoms with Crippen molar-refractivity contribution in [2.45, 2.75) is 31.7 Å². The molecule has 0 saturated carbocycles. The van der Waals surface area contributed by atoms with Crippen LogP contribution in [0.4, 0.5) is 5.82 Å². The Labute approximate surface area is 126 Å². The lowest BCUT2D eigenvalue weighted by Gasteiger charge is -2.36. The maximum atomic E-state index is 4.87. The molecule has 110 valence electrons. The van der Waals surface area contributed by atoms with Gasteiger partial charge in [-0.25, -0.2) is 4.98 Å². The monoisotopic (exact) mass is 281 g/mol. The summed E-state index contributed by atoms with van der Waals surface area (Å²) in [5, 5.41) is 4.91. The van der Waals surface area contributed by atoms with Gasteiger partial charge in [0.25, 0.3) is 0 Å². The first-order valence-corrected chi connectivity index (χ1v) is 8.24. The molecular weight excluding hydrogens is 258 g/mol. The van der Waals surface area contributed by atoms with Crippen molar-refractivity contribution in [3.63, 3.8) is 0 Å². The molecule has 2 aliphatic heterocycles. The van der Waals surface area contributed by atoms with Gasteiger partial charge in [-0.1, -0.05) is 18.2 Å². The minimum Gasteiger partial charge on any atom is -0.356 e. The Hall–Kier alpha value is -1.61. The van der Waals surface area contributed by atoms with Gasteiger partial charge in [0.15, 0.2) is 0 Å². The molecule has 2 saturated heterocycles. The highest BCUT2D eigenvalue weighted by atomic mass is 15.2. The normalized spacial score (nSPS) is 26.4. The summed E-state index contributed by atoms with van der Waals surface area (Å²) in [4.78, 5) is 7.35. The number of nitrogens with zero attached hydrogens (tertiary/aromatic N) is 2. The van der Waals surface area contributed by atoms with Gasteiger partial charge in [-0.3, -0.25) is 0 Å². The first-order valence-electron chi connectivity index (χ1n) is 8.24. The summed E-state index contributed by atoms with van der Waals surface area (Å²) in [5.74, 6) is 1.94. The van der Waals surface area contributed by atoms with Gasteiger partial charge in [0, 0.05) is 24.5 Å². The summed E-state index contributed by atoms with van der Waals surface area (Å²) in [6.07, 6.45) is 5.35. The summed E-state index contributed by atoms with van der Waals surface area (Å²) in [5.41, 5.74) is 1.11.